The van der Waals surface area contributed by atoms with Gasteiger partial charge in [0.05, 0.1) is 6.04 Å². The van der Waals surface area contributed by atoms with E-state index in [1.54, 1.807) is 0 Å². The first kappa shape index (κ1) is 11.1. The van der Waals surface area contributed by atoms with Gasteiger partial charge in [-0.15, -0.1) is 0 Å². The number of ketones is 1. The monoisotopic (exact) mass is 201 g/mol. The van der Waals surface area contributed by atoms with E-state index in [-0.39, 0.29) is 6.04 Å². The number of hydrogen-bond donors (Lipinski definition) is 0. The largest absolute Gasteiger partial charge is 0.298 e. The quantitative estimate of drug-likeness (QED) is 0.694. The minimum absolute atomic E-state index is 0.133. The number of carbonyl (C=O) groups excluding carboxylic acids is 1. The lowest BCUT2D eigenvalue weighted by atomic mass is 10.1. The summed E-state index contributed by atoms with van der Waals surface area (Å²) in [5, 5.41) is 0.681. The summed E-state index contributed by atoms with van der Waals surface area (Å²) in [4.78, 5) is 13.8. The normalized spacial score (nSPS) is 27.2. The summed E-state index contributed by atoms with van der Waals surface area (Å²) in [6.07, 6.45) is 0.666. The molecule has 13 heavy (non-hydrogen) atoms. The lowest BCUT2D eigenvalue weighted by Crippen LogP contribution is -2.45. The van der Waals surface area contributed by atoms with Crippen LogP contribution in [0.25, 0.3) is 0 Å². The number of rotatable bonds is 3. The van der Waals surface area contributed by atoms with Crippen molar-refractivity contribution in [3.8, 4) is 0 Å². The van der Waals surface area contributed by atoms with Gasteiger partial charge in [0.15, 0.2) is 0 Å². The second kappa shape index (κ2) is 5.01. The van der Waals surface area contributed by atoms with Crippen LogP contribution >= 0.6 is 11.8 Å². The van der Waals surface area contributed by atoms with Crippen LogP contribution in [0.2, 0.25) is 0 Å². The first-order valence-electron chi connectivity index (χ1n) is 5.03. The van der Waals surface area contributed by atoms with Crippen LogP contribution in [-0.4, -0.2) is 40.8 Å². The standard InChI is InChI=1S/C10H19NOS/c1-4-10(12)9(3)11-5-6-13-8(2)7-11/h8-9H,4-7H2,1-3H3. The molecule has 1 aliphatic rings. The van der Waals surface area contributed by atoms with Gasteiger partial charge in [0.25, 0.3) is 0 Å². The van der Waals surface area contributed by atoms with Gasteiger partial charge in [0.2, 0.25) is 0 Å². The topological polar surface area (TPSA) is 20.3 Å². The Morgan fingerprint density at radius 2 is 2.38 bits per heavy atom. The summed E-state index contributed by atoms with van der Waals surface area (Å²) in [5.74, 6) is 1.54. The number of Topliss-reactive ketones (excluding diaryl/α,β-unsaturated/α-hetero) is 1. The van der Waals surface area contributed by atoms with Crippen LogP contribution in [-0.2, 0) is 4.79 Å². The van der Waals surface area contributed by atoms with Gasteiger partial charge in [-0.05, 0) is 6.92 Å². The Balaban J connectivity index is 2.45. The Hall–Kier alpha value is -0.0200. The van der Waals surface area contributed by atoms with Crippen molar-refractivity contribution >= 4 is 17.5 Å². The van der Waals surface area contributed by atoms with Crippen molar-refractivity contribution in [3.63, 3.8) is 0 Å². The second-order valence-electron chi connectivity index (χ2n) is 3.67. The van der Waals surface area contributed by atoms with Crippen molar-refractivity contribution in [1.29, 1.82) is 0 Å². The average molecular weight is 201 g/mol. The zero-order valence-corrected chi connectivity index (χ0v) is 9.56. The van der Waals surface area contributed by atoms with Crippen LogP contribution in [0.5, 0.6) is 0 Å². The fourth-order valence-corrected chi connectivity index (χ4v) is 2.74. The Morgan fingerprint density at radius 1 is 1.69 bits per heavy atom. The second-order valence-corrected chi connectivity index (χ2v) is 5.22. The average Bonchev–Trinajstić information content (AvgIpc) is 2.15. The molecule has 76 valence electrons. The van der Waals surface area contributed by atoms with E-state index in [9.17, 15) is 4.79 Å². The van der Waals surface area contributed by atoms with Gasteiger partial charge < -0.3 is 0 Å². The van der Waals surface area contributed by atoms with Crippen LogP contribution in [0.3, 0.4) is 0 Å². The van der Waals surface area contributed by atoms with Gasteiger partial charge in [-0.3, -0.25) is 9.69 Å². The minimum atomic E-state index is 0.133. The summed E-state index contributed by atoms with van der Waals surface area (Å²) in [6, 6.07) is 0.133. The molecule has 0 aromatic rings. The molecule has 0 bridgehead atoms. The predicted octanol–water partition coefficient (Wildman–Crippen LogP) is 1.79. The zero-order valence-electron chi connectivity index (χ0n) is 8.75. The molecule has 2 nitrogen and oxygen atoms in total. The molecule has 1 heterocycles. The van der Waals surface area contributed by atoms with Crippen LogP contribution < -0.4 is 0 Å². The lowest BCUT2D eigenvalue weighted by molar-refractivity contribution is -0.123. The molecule has 0 amide bonds. The summed E-state index contributed by atoms with van der Waals surface area (Å²) >= 11 is 2.01. The molecule has 0 aliphatic carbocycles. The van der Waals surface area contributed by atoms with E-state index in [1.165, 1.54) is 5.75 Å². The summed E-state index contributed by atoms with van der Waals surface area (Å²) in [5.41, 5.74) is 0. The molecule has 0 saturated carbocycles. The minimum Gasteiger partial charge on any atom is -0.298 e. The molecule has 0 radical (unpaired) electrons. The highest BCUT2D eigenvalue weighted by atomic mass is 32.2. The summed E-state index contributed by atoms with van der Waals surface area (Å²) in [6.45, 7) is 8.36. The van der Waals surface area contributed by atoms with Gasteiger partial charge in [-0.2, -0.15) is 11.8 Å². The Morgan fingerprint density at radius 3 is 2.92 bits per heavy atom. The lowest BCUT2D eigenvalue weighted by Gasteiger charge is -2.34. The highest BCUT2D eigenvalue weighted by molar-refractivity contribution is 7.99. The third kappa shape index (κ3) is 2.99. The molecule has 3 heteroatoms. The first-order valence-corrected chi connectivity index (χ1v) is 6.08. The number of hydrogen-bond acceptors (Lipinski definition) is 3. The van der Waals surface area contributed by atoms with Crippen molar-refractivity contribution in [3.05, 3.63) is 0 Å². The highest BCUT2D eigenvalue weighted by Gasteiger charge is 2.24. The Kier molecular flexibility index (Phi) is 4.26. The molecule has 0 aromatic heterocycles. The van der Waals surface area contributed by atoms with E-state index in [1.807, 2.05) is 25.6 Å². The van der Waals surface area contributed by atoms with Crippen molar-refractivity contribution in [2.75, 3.05) is 18.8 Å². The van der Waals surface area contributed by atoms with E-state index in [0.717, 1.165) is 13.1 Å². The molecule has 0 aromatic carbocycles. The van der Waals surface area contributed by atoms with Crippen LogP contribution in [0.15, 0.2) is 0 Å². The predicted molar refractivity (Wildman–Crippen MR) is 58.3 cm³/mol. The summed E-state index contributed by atoms with van der Waals surface area (Å²) in [7, 11) is 0. The molecule has 1 fully saturated rings. The van der Waals surface area contributed by atoms with E-state index < -0.39 is 0 Å². The Labute approximate surface area is 85.1 Å². The maximum atomic E-state index is 11.5. The van der Waals surface area contributed by atoms with E-state index >= 15 is 0 Å². The molecule has 1 aliphatic heterocycles. The van der Waals surface area contributed by atoms with Crippen molar-refractivity contribution in [2.45, 2.75) is 38.5 Å². The van der Waals surface area contributed by atoms with Gasteiger partial charge in [-0.25, -0.2) is 0 Å². The molecular weight excluding hydrogens is 182 g/mol. The van der Waals surface area contributed by atoms with Crippen molar-refractivity contribution < 1.29 is 4.79 Å². The van der Waals surface area contributed by atoms with Crippen LogP contribution in [0.1, 0.15) is 27.2 Å². The van der Waals surface area contributed by atoms with Gasteiger partial charge >= 0.3 is 0 Å². The van der Waals surface area contributed by atoms with Crippen LogP contribution in [0.4, 0.5) is 0 Å². The first-order chi connectivity index (χ1) is 6.15. The fraction of sp³-hybridized carbons (Fsp3) is 0.900. The molecular formula is C10H19NOS. The van der Waals surface area contributed by atoms with Crippen molar-refractivity contribution in [2.24, 2.45) is 0 Å². The molecule has 2 atom stereocenters. The maximum Gasteiger partial charge on any atom is 0.149 e. The molecule has 2 unspecified atom stereocenters. The molecule has 0 spiro atoms. The highest BCUT2D eigenvalue weighted by Crippen LogP contribution is 2.19. The molecule has 0 N–H and O–H groups in total. The third-order valence-corrected chi connectivity index (χ3v) is 3.77. The van der Waals surface area contributed by atoms with Crippen molar-refractivity contribution in [1.82, 2.24) is 4.90 Å². The fourth-order valence-electron chi connectivity index (χ4n) is 1.70. The van der Waals surface area contributed by atoms with E-state index in [0.29, 0.717) is 17.5 Å². The van der Waals surface area contributed by atoms with E-state index in [2.05, 4.69) is 11.8 Å². The van der Waals surface area contributed by atoms with Gasteiger partial charge in [-0.1, -0.05) is 13.8 Å². The smallest absolute Gasteiger partial charge is 0.149 e. The Bertz CT molecular complexity index is 184. The zero-order chi connectivity index (χ0) is 9.84. The maximum absolute atomic E-state index is 11.5. The molecule has 1 saturated heterocycles. The number of carbonyl (C=O) groups is 1. The number of thioether (sulfide) groups is 1. The van der Waals surface area contributed by atoms with Gasteiger partial charge in [0, 0.05) is 30.5 Å². The van der Waals surface area contributed by atoms with E-state index in [4.69, 9.17) is 0 Å². The SMILES string of the molecule is CCC(=O)C(C)N1CCSC(C)C1. The number of nitrogens with zero attached hydrogens (tertiary/aromatic N) is 1. The molecule has 1 rings (SSSR count). The van der Waals surface area contributed by atoms with Gasteiger partial charge in [0.1, 0.15) is 5.78 Å². The van der Waals surface area contributed by atoms with Crippen LogP contribution in [0, 0.1) is 0 Å². The third-order valence-electron chi connectivity index (χ3n) is 2.63. The summed E-state index contributed by atoms with van der Waals surface area (Å²) < 4.78 is 0.